The molecule has 0 radical (unpaired) electrons. The van der Waals surface area contributed by atoms with E-state index >= 15 is 0 Å². The van der Waals surface area contributed by atoms with Gasteiger partial charge in [0.05, 0.1) is 12.6 Å². The van der Waals surface area contributed by atoms with Gasteiger partial charge < -0.3 is 15.0 Å². The van der Waals surface area contributed by atoms with Gasteiger partial charge in [0.2, 0.25) is 0 Å². The quantitative estimate of drug-likeness (QED) is 0.867. The third-order valence-corrected chi connectivity index (χ3v) is 3.51. The number of hydrogen-bond acceptors (Lipinski definition) is 4. The lowest BCUT2D eigenvalue weighted by Crippen LogP contribution is -2.25. The van der Waals surface area contributed by atoms with E-state index in [0.29, 0.717) is 12.6 Å². The van der Waals surface area contributed by atoms with Crippen LogP contribution in [0.2, 0.25) is 0 Å². The van der Waals surface area contributed by atoms with Crippen LogP contribution >= 0.6 is 0 Å². The summed E-state index contributed by atoms with van der Waals surface area (Å²) in [6, 6.07) is 0.347. The molecule has 5 nitrogen and oxygen atoms in total. The maximum absolute atomic E-state index is 6.08. The zero-order valence-electron chi connectivity index (χ0n) is 10.7. The predicted octanol–water partition coefficient (Wildman–Crippen LogP) is 1.74. The number of nitrogens with zero attached hydrogens (tertiary/aromatic N) is 3. The zero-order chi connectivity index (χ0) is 12.3. The molecule has 1 aromatic rings. The smallest absolute Gasteiger partial charge is 0.152 e. The van der Waals surface area contributed by atoms with Crippen LogP contribution in [0.1, 0.15) is 55.8 Å². The zero-order valence-corrected chi connectivity index (χ0v) is 10.7. The van der Waals surface area contributed by atoms with Crippen molar-refractivity contribution in [2.24, 2.45) is 5.73 Å². The maximum atomic E-state index is 6.08. The van der Waals surface area contributed by atoms with E-state index in [0.717, 1.165) is 11.6 Å². The fourth-order valence-corrected chi connectivity index (χ4v) is 2.68. The molecule has 5 heteroatoms. The van der Waals surface area contributed by atoms with Crippen LogP contribution < -0.4 is 5.73 Å². The van der Waals surface area contributed by atoms with Crippen molar-refractivity contribution in [3.05, 3.63) is 11.6 Å². The molecule has 1 unspecified atom stereocenters. The van der Waals surface area contributed by atoms with E-state index in [1.165, 1.54) is 32.1 Å². The Morgan fingerprint density at radius 3 is 2.71 bits per heavy atom. The third kappa shape index (κ3) is 2.66. The molecule has 0 aliphatic heterocycles. The third-order valence-electron chi connectivity index (χ3n) is 3.51. The first kappa shape index (κ1) is 12.5. The summed E-state index contributed by atoms with van der Waals surface area (Å²) in [5.74, 6) is 1.84. The molecule has 0 amide bonds. The summed E-state index contributed by atoms with van der Waals surface area (Å²) >= 11 is 0. The molecule has 0 aromatic carbocycles. The van der Waals surface area contributed by atoms with Gasteiger partial charge in [-0.05, 0) is 19.8 Å². The molecule has 1 aliphatic carbocycles. The van der Waals surface area contributed by atoms with Gasteiger partial charge in [-0.1, -0.05) is 19.3 Å². The van der Waals surface area contributed by atoms with Crippen LogP contribution in [0.25, 0.3) is 0 Å². The van der Waals surface area contributed by atoms with Gasteiger partial charge in [0.25, 0.3) is 0 Å². The number of nitrogens with two attached hydrogens (primary N) is 1. The minimum Gasteiger partial charge on any atom is -0.383 e. The van der Waals surface area contributed by atoms with Crippen LogP contribution in [-0.2, 0) is 4.74 Å². The van der Waals surface area contributed by atoms with Crippen LogP contribution in [0.3, 0.4) is 0 Å². The van der Waals surface area contributed by atoms with Crippen molar-refractivity contribution in [1.29, 1.82) is 0 Å². The number of methoxy groups -OCH3 is 1. The summed E-state index contributed by atoms with van der Waals surface area (Å²) in [6.07, 6.45) is 6.36. The normalized spacial score (nSPS) is 19.5. The molecule has 2 rings (SSSR count). The molecule has 17 heavy (non-hydrogen) atoms. The molecule has 1 aliphatic rings. The molecule has 1 atom stereocenters. The number of rotatable bonds is 4. The van der Waals surface area contributed by atoms with Gasteiger partial charge in [-0.15, -0.1) is 10.2 Å². The average molecular weight is 238 g/mol. The number of ether oxygens (including phenoxy) is 1. The van der Waals surface area contributed by atoms with Crippen molar-refractivity contribution in [2.45, 2.75) is 51.1 Å². The fourth-order valence-electron chi connectivity index (χ4n) is 2.68. The summed E-state index contributed by atoms with van der Waals surface area (Å²) in [6.45, 7) is 2.50. The molecule has 0 saturated heterocycles. The van der Waals surface area contributed by atoms with Crippen molar-refractivity contribution in [3.8, 4) is 0 Å². The van der Waals surface area contributed by atoms with E-state index in [2.05, 4.69) is 14.8 Å². The number of aryl methyl sites for hydroxylation is 1. The second-order valence-electron chi connectivity index (χ2n) is 4.83. The number of aromatic nitrogens is 3. The van der Waals surface area contributed by atoms with E-state index in [9.17, 15) is 0 Å². The van der Waals surface area contributed by atoms with Crippen molar-refractivity contribution >= 4 is 0 Å². The SMILES string of the molecule is COCC(N)c1nnc(C)n1C1CCCCC1. The largest absolute Gasteiger partial charge is 0.383 e. The lowest BCUT2D eigenvalue weighted by Gasteiger charge is -2.26. The van der Waals surface area contributed by atoms with E-state index in [-0.39, 0.29) is 6.04 Å². The molecule has 0 spiro atoms. The van der Waals surface area contributed by atoms with Gasteiger partial charge in [-0.3, -0.25) is 0 Å². The van der Waals surface area contributed by atoms with Gasteiger partial charge in [-0.2, -0.15) is 0 Å². The lowest BCUT2D eigenvalue weighted by molar-refractivity contribution is 0.174. The Labute approximate surface area is 102 Å². The Balaban J connectivity index is 2.21. The molecule has 1 saturated carbocycles. The number of hydrogen-bond donors (Lipinski definition) is 1. The first-order valence-corrected chi connectivity index (χ1v) is 6.40. The van der Waals surface area contributed by atoms with Gasteiger partial charge in [0, 0.05) is 13.2 Å². The summed E-state index contributed by atoms with van der Waals surface area (Å²) in [7, 11) is 1.66. The van der Waals surface area contributed by atoms with E-state index in [4.69, 9.17) is 10.5 Å². The molecule has 1 aromatic heterocycles. The lowest BCUT2D eigenvalue weighted by atomic mass is 9.95. The fraction of sp³-hybridized carbons (Fsp3) is 0.833. The van der Waals surface area contributed by atoms with Gasteiger partial charge in [0.1, 0.15) is 5.82 Å². The second kappa shape index (κ2) is 5.60. The van der Waals surface area contributed by atoms with E-state index in [1.54, 1.807) is 7.11 Å². The van der Waals surface area contributed by atoms with Crippen molar-refractivity contribution in [1.82, 2.24) is 14.8 Å². The van der Waals surface area contributed by atoms with E-state index in [1.807, 2.05) is 6.92 Å². The van der Waals surface area contributed by atoms with Crippen molar-refractivity contribution in [2.75, 3.05) is 13.7 Å². The monoisotopic (exact) mass is 238 g/mol. The molecule has 1 heterocycles. The Kier molecular flexibility index (Phi) is 4.12. The van der Waals surface area contributed by atoms with Gasteiger partial charge in [0.15, 0.2) is 5.82 Å². The van der Waals surface area contributed by atoms with Crippen LogP contribution in [0.4, 0.5) is 0 Å². The highest BCUT2D eigenvalue weighted by Gasteiger charge is 2.23. The van der Waals surface area contributed by atoms with Gasteiger partial charge in [-0.25, -0.2) is 0 Å². The molecule has 96 valence electrons. The standard InChI is InChI=1S/C12H22N4O/c1-9-14-15-12(11(13)8-17-2)16(9)10-6-4-3-5-7-10/h10-11H,3-8,13H2,1-2H3. The Morgan fingerprint density at radius 1 is 1.35 bits per heavy atom. The molecule has 2 N–H and O–H groups in total. The van der Waals surface area contributed by atoms with Crippen LogP contribution in [0.5, 0.6) is 0 Å². The Bertz CT molecular complexity index is 357. The first-order chi connectivity index (χ1) is 8.24. The van der Waals surface area contributed by atoms with Crippen molar-refractivity contribution < 1.29 is 4.74 Å². The highest BCUT2D eigenvalue weighted by atomic mass is 16.5. The van der Waals surface area contributed by atoms with Crippen LogP contribution in [0, 0.1) is 6.92 Å². The molecular weight excluding hydrogens is 216 g/mol. The topological polar surface area (TPSA) is 66.0 Å². The molecule has 1 fully saturated rings. The Hall–Kier alpha value is -0.940. The molecular formula is C12H22N4O. The maximum Gasteiger partial charge on any atom is 0.152 e. The summed E-state index contributed by atoms with van der Waals surface area (Å²) in [5, 5.41) is 8.39. The summed E-state index contributed by atoms with van der Waals surface area (Å²) < 4.78 is 7.33. The first-order valence-electron chi connectivity index (χ1n) is 6.40. The van der Waals surface area contributed by atoms with Gasteiger partial charge >= 0.3 is 0 Å². The predicted molar refractivity (Wildman–Crippen MR) is 65.7 cm³/mol. The summed E-state index contributed by atoms with van der Waals surface area (Å²) in [4.78, 5) is 0. The minimum atomic E-state index is -0.178. The minimum absolute atomic E-state index is 0.178. The van der Waals surface area contributed by atoms with Crippen molar-refractivity contribution in [3.63, 3.8) is 0 Å². The Morgan fingerprint density at radius 2 is 2.06 bits per heavy atom. The van der Waals surface area contributed by atoms with E-state index < -0.39 is 0 Å². The second-order valence-corrected chi connectivity index (χ2v) is 4.83. The molecule has 0 bridgehead atoms. The average Bonchev–Trinajstić information content (AvgIpc) is 2.73. The van der Waals surface area contributed by atoms with Crippen LogP contribution in [-0.4, -0.2) is 28.5 Å². The highest BCUT2D eigenvalue weighted by molar-refractivity contribution is 5.02. The summed E-state index contributed by atoms with van der Waals surface area (Å²) in [5.41, 5.74) is 6.08. The highest BCUT2D eigenvalue weighted by Crippen LogP contribution is 2.30. The van der Waals surface area contributed by atoms with Crippen LogP contribution in [0.15, 0.2) is 0 Å².